The molecule has 2 aliphatic heterocycles. The van der Waals surface area contributed by atoms with Gasteiger partial charge >= 0.3 is 0 Å². The molecule has 0 aromatic carbocycles. The molecule has 2 saturated heterocycles. The Balaban J connectivity index is 1.66. The first-order chi connectivity index (χ1) is 9.42. The van der Waals surface area contributed by atoms with Gasteiger partial charge in [0.15, 0.2) is 6.29 Å². The van der Waals surface area contributed by atoms with Crippen LogP contribution in [-0.2, 0) is 9.47 Å². The highest BCUT2D eigenvalue weighted by molar-refractivity contribution is 4.75. The van der Waals surface area contributed by atoms with E-state index in [-0.39, 0.29) is 6.29 Å². The van der Waals surface area contributed by atoms with Crippen molar-refractivity contribution in [1.29, 1.82) is 0 Å². The summed E-state index contributed by atoms with van der Waals surface area (Å²) < 4.78 is 11.9. The molecule has 3 atom stereocenters. The molecule has 2 aliphatic rings. The normalized spacial score (nSPS) is 30.6. The third-order valence-electron chi connectivity index (χ3n) is 4.28. The molecular formula is C17H33NO2. The second-order valence-electron chi connectivity index (χ2n) is 7.99. The maximum absolute atomic E-state index is 6.09. The smallest absolute Gasteiger partial charge is 0.158 e. The predicted octanol–water partition coefficient (Wildman–Crippen LogP) is 3.68. The Labute approximate surface area is 125 Å². The van der Waals surface area contributed by atoms with Crippen LogP contribution in [0, 0.1) is 11.3 Å². The zero-order chi connectivity index (χ0) is 14.6. The van der Waals surface area contributed by atoms with Crippen LogP contribution in [0.2, 0.25) is 0 Å². The van der Waals surface area contributed by atoms with Crippen molar-refractivity contribution in [3.8, 4) is 0 Å². The molecule has 0 aromatic rings. The average molecular weight is 283 g/mol. The minimum atomic E-state index is 0.0298. The molecule has 0 N–H and O–H groups in total. The molecule has 0 saturated carbocycles. The molecule has 3 nitrogen and oxygen atoms in total. The fourth-order valence-electron chi connectivity index (χ4n) is 3.61. The quantitative estimate of drug-likeness (QED) is 0.768. The number of hydrogen-bond donors (Lipinski definition) is 0. The van der Waals surface area contributed by atoms with Gasteiger partial charge in [0, 0.05) is 13.0 Å². The molecule has 118 valence electrons. The van der Waals surface area contributed by atoms with Crippen molar-refractivity contribution in [2.75, 3.05) is 26.2 Å². The van der Waals surface area contributed by atoms with E-state index in [9.17, 15) is 0 Å². The van der Waals surface area contributed by atoms with Gasteiger partial charge in [0.05, 0.1) is 12.7 Å². The molecule has 2 heterocycles. The lowest BCUT2D eigenvalue weighted by molar-refractivity contribution is -0.0762. The molecule has 0 bridgehead atoms. The van der Waals surface area contributed by atoms with Gasteiger partial charge in [-0.1, -0.05) is 34.1 Å². The van der Waals surface area contributed by atoms with Crippen LogP contribution < -0.4 is 0 Å². The summed E-state index contributed by atoms with van der Waals surface area (Å²) in [6.07, 6.45) is 6.67. The van der Waals surface area contributed by atoms with E-state index in [2.05, 4.69) is 32.6 Å². The molecule has 20 heavy (non-hydrogen) atoms. The van der Waals surface area contributed by atoms with Crippen molar-refractivity contribution < 1.29 is 9.47 Å². The van der Waals surface area contributed by atoms with Gasteiger partial charge in [-0.05, 0) is 43.7 Å². The fourth-order valence-corrected chi connectivity index (χ4v) is 3.61. The highest BCUT2D eigenvalue weighted by Gasteiger charge is 2.29. The molecule has 0 radical (unpaired) electrons. The van der Waals surface area contributed by atoms with Crippen LogP contribution in [0.4, 0.5) is 0 Å². The van der Waals surface area contributed by atoms with Gasteiger partial charge in [0.2, 0.25) is 0 Å². The maximum atomic E-state index is 6.09. The van der Waals surface area contributed by atoms with E-state index in [0.717, 1.165) is 19.6 Å². The van der Waals surface area contributed by atoms with Crippen LogP contribution >= 0.6 is 0 Å². The summed E-state index contributed by atoms with van der Waals surface area (Å²) in [4.78, 5) is 2.54. The van der Waals surface area contributed by atoms with Crippen LogP contribution in [0.1, 0.15) is 59.8 Å². The number of hydrogen-bond acceptors (Lipinski definition) is 3. The third kappa shape index (κ3) is 5.71. The minimum Gasteiger partial charge on any atom is -0.350 e. The van der Waals surface area contributed by atoms with Crippen LogP contribution in [0.5, 0.6) is 0 Å². The van der Waals surface area contributed by atoms with Crippen molar-refractivity contribution in [3.63, 3.8) is 0 Å². The van der Waals surface area contributed by atoms with Gasteiger partial charge < -0.3 is 14.4 Å². The second kappa shape index (κ2) is 7.24. The molecule has 0 amide bonds. The number of ether oxygens (including phenoxy) is 2. The van der Waals surface area contributed by atoms with Crippen LogP contribution in [0.3, 0.4) is 0 Å². The molecule has 2 fully saturated rings. The van der Waals surface area contributed by atoms with Crippen LogP contribution in [0.25, 0.3) is 0 Å². The highest BCUT2D eigenvalue weighted by atomic mass is 16.7. The minimum absolute atomic E-state index is 0.0298. The molecule has 0 unspecified atom stereocenters. The summed E-state index contributed by atoms with van der Waals surface area (Å²) in [5.74, 6) is 0.661. The number of rotatable bonds is 5. The van der Waals surface area contributed by atoms with Crippen molar-refractivity contribution in [2.45, 2.75) is 72.2 Å². The topological polar surface area (TPSA) is 21.7 Å². The first-order valence-corrected chi connectivity index (χ1v) is 8.42. The number of piperidine rings is 1. The van der Waals surface area contributed by atoms with Gasteiger partial charge in [-0.2, -0.15) is 0 Å². The Kier molecular flexibility index (Phi) is 5.88. The van der Waals surface area contributed by atoms with Gasteiger partial charge in [0.25, 0.3) is 0 Å². The summed E-state index contributed by atoms with van der Waals surface area (Å²) in [5, 5.41) is 0. The maximum Gasteiger partial charge on any atom is 0.158 e. The van der Waals surface area contributed by atoms with Gasteiger partial charge in [-0.25, -0.2) is 0 Å². The van der Waals surface area contributed by atoms with Crippen molar-refractivity contribution in [2.24, 2.45) is 11.3 Å². The third-order valence-corrected chi connectivity index (χ3v) is 4.28. The van der Waals surface area contributed by atoms with E-state index in [0.29, 0.717) is 17.4 Å². The van der Waals surface area contributed by atoms with Gasteiger partial charge in [-0.3, -0.25) is 0 Å². The lowest BCUT2D eigenvalue weighted by atomic mass is 9.84. The second-order valence-corrected chi connectivity index (χ2v) is 7.99. The van der Waals surface area contributed by atoms with E-state index in [4.69, 9.17) is 9.47 Å². The number of likely N-dealkylation sites (tertiary alicyclic amines) is 1. The summed E-state index contributed by atoms with van der Waals surface area (Å²) in [6, 6.07) is 0. The van der Waals surface area contributed by atoms with E-state index < -0.39 is 0 Å². The van der Waals surface area contributed by atoms with E-state index in [1.54, 1.807) is 0 Å². The van der Waals surface area contributed by atoms with E-state index in [1.165, 1.54) is 38.8 Å². The summed E-state index contributed by atoms with van der Waals surface area (Å²) >= 11 is 0. The highest BCUT2D eigenvalue weighted by Crippen LogP contribution is 2.29. The summed E-state index contributed by atoms with van der Waals surface area (Å²) in [7, 11) is 0. The molecular weight excluding hydrogens is 250 g/mol. The fraction of sp³-hybridized carbons (Fsp3) is 1.00. The standard InChI is InChI=1S/C17H33NO2/c1-14(11-17(2,3)4)10-16-19-13-15(20-16)12-18-8-6-5-7-9-18/h14-16H,5-13H2,1-4H3/t14-,15-,16-/m0/s1. The Hall–Kier alpha value is -0.120. The van der Waals surface area contributed by atoms with Crippen LogP contribution in [0.15, 0.2) is 0 Å². The molecule has 2 rings (SSSR count). The molecule has 0 spiro atoms. The van der Waals surface area contributed by atoms with Crippen molar-refractivity contribution in [1.82, 2.24) is 4.90 Å². The Bertz CT molecular complexity index is 281. The summed E-state index contributed by atoms with van der Waals surface area (Å²) in [6.45, 7) is 13.6. The van der Waals surface area contributed by atoms with Gasteiger partial charge in [-0.15, -0.1) is 0 Å². The monoisotopic (exact) mass is 283 g/mol. The Morgan fingerprint density at radius 1 is 1.15 bits per heavy atom. The Morgan fingerprint density at radius 2 is 1.85 bits per heavy atom. The van der Waals surface area contributed by atoms with Crippen LogP contribution in [-0.4, -0.2) is 43.5 Å². The largest absolute Gasteiger partial charge is 0.350 e. The van der Waals surface area contributed by atoms with E-state index in [1.807, 2.05) is 0 Å². The molecule has 3 heteroatoms. The zero-order valence-electron chi connectivity index (χ0n) is 13.9. The first kappa shape index (κ1) is 16.3. The number of nitrogens with zero attached hydrogens (tertiary/aromatic N) is 1. The van der Waals surface area contributed by atoms with Crippen molar-refractivity contribution in [3.05, 3.63) is 0 Å². The predicted molar refractivity (Wildman–Crippen MR) is 82.8 cm³/mol. The zero-order valence-corrected chi connectivity index (χ0v) is 13.9. The van der Waals surface area contributed by atoms with E-state index >= 15 is 0 Å². The van der Waals surface area contributed by atoms with Gasteiger partial charge in [0.1, 0.15) is 0 Å². The Morgan fingerprint density at radius 3 is 2.50 bits per heavy atom. The summed E-state index contributed by atoms with van der Waals surface area (Å²) in [5.41, 5.74) is 0.394. The lowest BCUT2D eigenvalue weighted by Gasteiger charge is -2.28. The van der Waals surface area contributed by atoms with Crippen molar-refractivity contribution >= 4 is 0 Å². The first-order valence-electron chi connectivity index (χ1n) is 8.42. The average Bonchev–Trinajstić information content (AvgIpc) is 2.75. The SMILES string of the molecule is C[C@@H](C[C@H]1OC[C@H](CN2CCCCC2)O1)CC(C)(C)C. The molecule has 0 aliphatic carbocycles. The lowest BCUT2D eigenvalue weighted by Crippen LogP contribution is -2.37. The molecule has 0 aromatic heterocycles.